The number of halogens is 2. The van der Waals surface area contributed by atoms with E-state index in [1.807, 2.05) is 31.2 Å². The Balaban J connectivity index is 1.99. The number of hydrogen-bond donors (Lipinski definition) is 0. The van der Waals surface area contributed by atoms with Gasteiger partial charge in [0.2, 0.25) is 5.43 Å². The molecule has 33 heavy (non-hydrogen) atoms. The van der Waals surface area contributed by atoms with Crippen LogP contribution in [0.4, 0.5) is 8.78 Å². The van der Waals surface area contributed by atoms with Gasteiger partial charge in [-0.25, -0.2) is 8.78 Å². The van der Waals surface area contributed by atoms with Crippen LogP contribution in [0.25, 0.3) is 20.7 Å². The summed E-state index contributed by atoms with van der Waals surface area (Å²) in [5, 5.41) is 0.397. The predicted molar refractivity (Wildman–Crippen MR) is 127 cm³/mol. The number of ether oxygens (including phenoxy) is 1. The molecule has 0 N–H and O–H groups in total. The minimum Gasteiger partial charge on any atom is -0.497 e. The van der Waals surface area contributed by atoms with Crippen molar-refractivity contribution < 1.29 is 18.3 Å². The first-order chi connectivity index (χ1) is 15.7. The number of nitrogens with zero attached hydrogens (tertiary/aromatic N) is 1. The lowest BCUT2D eigenvalue weighted by atomic mass is 9.99. The third-order valence-corrected chi connectivity index (χ3v) is 7.06. The highest BCUT2D eigenvalue weighted by molar-refractivity contribution is 7.22. The van der Waals surface area contributed by atoms with Crippen LogP contribution in [0.2, 0.25) is 0 Å². The molecule has 4 rings (SSSR count). The second kappa shape index (κ2) is 8.90. The molecule has 2 aromatic carbocycles. The average Bonchev–Trinajstić information content (AvgIpc) is 3.15. The predicted octanol–water partition coefficient (Wildman–Crippen LogP) is 6.21. The first-order valence-corrected chi connectivity index (χ1v) is 11.3. The maximum Gasteiger partial charge on any atom is 0.201 e. The van der Waals surface area contributed by atoms with E-state index >= 15 is 0 Å². The van der Waals surface area contributed by atoms with Crippen LogP contribution in [0.15, 0.2) is 53.5 Å². The third-order valence-electron chi connectivity index (χ3n) is 5.68. The van der Waals surface area contributed by atoms with E-state index in [4.69, 9.17) is 4.74 Å². The van der Waals surface area contributed by atoms with Crippen molar-refractivity contribution in [3.05, 3.63) is 87.2 Å². The summed E-state index contributed by atoms with van der Waals surface area (Å²) < 4.78 is 35.7. The smallest absolute Gasteiger partial charge is 0.201 e. The molecule has 0 aliphatic rings. The van der Waals surface area contributed by atoms with E-state index in [2.05, 4.69) is 0 Å². The number of hydrogen-bond acceptors (Lipinski definition) is 4. The minimum atomic E-state index is -0.678. The van der Waals surface area contributed by atoms with E-state index in [1.54, 1.807) is 25.5 Å². The lowest BCUT2D eigenvalue weighted by molar-refractivity contribution is 0.0938. The van der Waals surface area contributed by atoms with Gasteiger partial charge in [-0.15, -0.1) is 11.3 Å². The Kier molecular flexibility index (Phi) is 6.17. The van der Waals surface area contributed by atoms with Crippen molar-refractivity contribution in [3.63, 3.8) is 0 Å². The summed E-state index contributed by atoms with van der Waals surface area (Å²) in [6.45, 7) is 5.12. The van der Waals surface area contributed by atoms with Crippen LogP contribution in [-0.4, -0.2) is 17.5 Å². The van der Waals surface area contributed by atoms with Gasteiger partial charge >= 0.3 is 0 Å². The summed E-state index contributed by atoms with van der Waals surface area (Å²) in [7, 11) is 1.58. The summed E-state index contributed by atoms with van der Waals surface area (Å²) in [4.78, 5) is 27.6. The number of fused-ring (bicyclic) bond motifs is 1. The largest absolute Gasteiger partial charge is 0.497 e. The van der Waals surface area contributed by atoms with Crippen LogP contribution in [0.5, 0.6) is 5.75 Å². The quantitative estimate of drug-likeness (QED) is 0.317. The first kappa shape index (κ1) is 22.9. The highest BCUT2D eigenvalue weighted by Gasteiger charge is 2.23. The van der Waals surface area contributed by atoms with E-state index in [0.717, 1.165) is 16.0 Å². The van der Waals surface area contributed by atoms with Gasteiger partial charge in [-0.05, 0) is 54.4 Å². The number of pyridine rings is 1. The van der Waals surface area contributed by atoms with Gasteiger partial charge in [-0.2, -0.15) is 0 Å². The fourth-order valence-electron chi connectivity index (χ4n) is 3.85. The molecule has 0 saturated heterocycles. The van der Waals surface area contributed by atoms with Crippen LogP contribution >= 0.6 is 11.3 Å². The van der Waals surface area contributed by atoms with Crippen LogP contribution in [0.3, 0.4) is 0 Å². The normalized spacial score (nSPS) is 11.4. The molecular weight excluding hydrogens is 444 g/mol. The molecule has 0 aliphatic heterocycles. The van der Waals surface area contributed by atoms with Gasteiger partial charge in [-0.3, -0.25) is 9.59 Å². The molecular formula is C26H23F2NO3S. The molecule has 7 heteroatoms. The van der Waals surface area contributed by atoms with E-state index in [9.17, 15) is 18.4 Å². The molecule has 0 unspecified atom stereocenters. The highest BCUT2D eigenvalue weighted by Crippen LogP contribution is 2.38. The molecule has 0 spiro atoms. The number of methoxy groups -OCH3 is 1. The molecule has 4 nitrogen and oxygen atoms in total. The van der Waals surface area contributed by atoms with E-state index in [1.165, 1.54) is 35.7 Å². The minimum absolute atomic E-state index is 0.0245. The van der Waals surface area contributed by atoms with Crippen molar-refractivity contribution in [1.82, 2.24) is 4.57 Å². The van der Waals surface area contributed by atoms with Gasteiger partial charge in [0.25, 0.3) is 0 Å². The number of thiophene rings is 1. The monoisotopic (exact) mass is 467 g/mol. The Bertz CT molecular complexity index is 1400. The number of aromatic nitrogens is 1. The molecule has 4 aromatic rings. The molecule has 170 valence electrons. The van der Waals surface area contributed by atoms with E-state index in [0.29, 0.717) is 16.0 Å². The molecule has 2 heterocycles. The molecule has 2 aromatic heterocycles. The number of ketones is 1. The van der Waals surface area contributed by atoms with Gasteiger partial charge in [0.05, 0.1) is 24.6 Å². The van der Waals surface area contributed by atoms with Gasteiger partial charge in [-0.1, -0.05) is 19.9 Å². The molecule has 0 fully saturated rings. The Morgan fingerprint density at radius 3 is 2.30 bits per heavy atom. The van der Waals surface area contributed by atoms with Crippen LogP contribution in [0.1, 0.15) is 35.3 Å². The van der Waals surface area contributed by atoms with Gasteiger partial charge < -0.3 is 9.30 Å². The zero-order chi connectivity index (χ0) is 23.9. The third kappa shape index (κ3) is 4.09. The Morgan fingerprint density at radius 1 is 1.09 bits per heavy atom. The second-order valence-corrected chi connectivity index (χ2v) is 9.18. The van der Waals surface area contributed by atoms with Gasteiger partial charge in [0, 0.05) is 22.6 Å². The molecule has 0 radical (unpaired) electrons. The van der Waals surface area contributed by atoms with Crippen LogP contribution < -0.4 is 10.2 Å². The molecule has 0 atom stereocenters. The number of rotatable bonds is 6. The van der Waals surface area contributed by atoms with E-state index in [-0.39, 0.29) is 28.9 Å². The fraction of sp³-hybridized carbons (Fsp3) is 0.231. The van der Waals surface area contributed by atoms with E-state index < -0.39 is 17.6 Å². The van der Waals surface area contributed by atoms with Crippen molar-refractivity contribution in [3.8, 4) is 16.2 Å². The number of carbonyl (C=O) groups excluding carboxylic acids is 1. The van der Waals surface area contributed by atoms with Gasteiger partial charge in [0.15, 0.2) is 5.78 Å². The van der Waals surface area contributed by atoms with Crippen LogP contribution in [0, 0.1) is 24.5 Å². The summed E-state index contributed by atoms with van der Waals surface area (Å²) >= 11 is 1.36. The Morgan fingerprint density at radius 2 is 1.73 bits per heavy atom. The first-order valence-electron chi connectivity index (χ1n) is 10.5. The summed E-state index contributed by atoms with van der Waals surface area (Å²) in [5.41, 5.74) is 1.15. The lowest BCUT2D eigenvalue weighted by Crippen LogP contribution is -2.22. The Labute approximate surface area is 194 Å². The average molecular weight is 468 g/mol. The maximum atomic E-state index is 14.4. The number of aryl methyl sites for hydroxylation is 1. The van der Waals surface area contributed by atoms with Crippen molar-refractivity contribution in [1.29, 1.82) is 0 Å². The van der Waals surface area contributed by atoms with Crippen molar-refractivity contribution in [2.45, 2.75) is 27.3 Å². The van der Waals surface area contributed by atoms with Crippen molar-refractivity contribution >= 4 is 27.3 Å². The standard InChI is InChI=1S/C26H23F2NO3S/c1-14(2)23(30)19-13-29(12-18-20(27)6-5-7-21(18)28)26-22(24(19)31)15(3)25(33-26)16-8-10-17(32-4)11-9-16/h5-11,13-14H,12H2,1-4H3. The fourth-order valence-corrected chi connectivity index (χ4v) is 5.14. The summed E-state index contributed by atoms with van der Waals surface area (Å²) in [6, 6.07) is 11.1. The zero-order valence-electron chi connectivity index (χ0n) is 18.7. The topological polar surface area (TPSA) is 48.3 Å². The molecule has 0 bridgehead atoms. The highest BCUT2D eigenvalue weighted by atomic mass is 32.1. The molecule has 0 saturated carbocycles. The SMILES string of the molecule is COc1ccc(-c2sc3c(c2C)c(=O)c(C(=O)C(C)C)cn3Cc2c(F)cccc2F)cc1. The Hall–Kier alpha value is -3.32. The van der Waals surface area contributed by atoms with Crippen LogP contribution in [-0.2, 0) is 6.54 Å². The molecule has 0 aliphatic carbocycles. The summed E-state index contributed by atoms with van der Waals surface area (Å²) in [5.74, 6) is -1.35. The summed E-state index contributed by atoms with van der Waals surface area (Å²) in [6.07, 6.45) is 1.44. The lowest BCUT2D eigenvalue weighted by Gasteiger charge is -2.13. The van der Waals surface area contributed by atoms with Crippen molar-refractivity contribution in [2.75, 3.05) is 7.11 Å². The number of carbonyl (C=O) groups is 1. The zero-order valence-corrected chi connectivity index (χ0v) is 19.6. The number of benzene rings is 2. The number of Topliss-reactive ketones (excluding diaryl/α,β-unsaturated/α-hetero) is 1. The van der Waals surface area contributed by atoms with Gasteiger partial charge in [0.1, 0.15) is 22.2 Å². The second-order valence-electron chi connectivity index (χ2n) is 8.18. The molecule has 0 amide bonds. The maximum absolute atomic E-state index is 14.4. The van der Waals surface area contributed by atoms with Crippen molar-refractivity contribution in [2.24, 2.45) is 5.92 Å².